The molecule has 0 saturated heterocycles. The number of amides is 1. The second-order valence-corrected chi connectivity index (χ2v) is 4.50. The molecule has 1 aromatic carbocycles. The van der Waals surface area contributed by atoms with E-state index in [4.69, 9.17) is 10.8 Å². The Morgan fingerprint density at radius 3 is 2.65 bits per heavy atom. The lowest BCUT2D eigenvalue weighted by molar-refractivity contribution is 0.0709. The van der Waals surface area contributed by atoms with Crippen LogP contribution in [0.15, 0.2) is 36.5 Å². The molecule has 0 aliphatic carbocycles. The first kappa shape index (κ1) is 14.1. The van der Waals surface area contributed by atoms with E-state index in [0.717, 1.165) is 5.56 Å². The number of benzene rings is 1. The Hall–Kier alpha value is -2.34. The van der Waals surface area contributed by atoms with Gasteiger partial charge in [0, 0.05) is 20.1 Å². The van der Waals surface area contributed by atoms with Crippen molar-refractivity contribution in [3.8, 4) is 0 Å². The summed E-state index contributed by atoms with van der Waals surface area (Å²) in [6, 6.07) is 9.61. The highest BCUT2D eigenvalue weighted by Gasteiger charge is 2.20. The molecule has 20 heavy (non-hydrogen) atoms. The molecular formula is C14H18N4O2. The molecule has 0 bridgehead atoms. The Labute approximate surface area is 117 Å². The smallest absolute Gasteiger partial charge is 0.259 e. The number of aryl methyl sites for hydroxylation is 1. The number of nitrogen functional groups attached to an aromatic ring is 1. The van der Waals surface area contributed by atoms with Gasteiger partial charge in [0.05, 0.1) is 12.8 Å². The fourth-order valence-corrected chi connectivity index (χ4v) is 1.96. The number of anilines is 1. The first-order valence-corrected chi connectivity index (χ1v) is 6.35. The third-order valence-corrected chi connectivity index (χ3v) is 3.09. The van der Waals surface area contributed by atoms with Crippen LogP contribution < -0.4 is 5.73 Å². The molecule has 1 amide bonds. The van der Waals surface area contributed by atoms with Crippen LogP contribution >= 0.6 is 0 Å². The van der Waals surface area contributed by atoms with E-state index in [1.54, 1.807) is 11.9 Å². The van der Waals surface area contributed by atoms with Crippen LogP contribution in [0, 0.1) is 0 Å². The lowest BCUT2D eigenvalue weighted by Crippen LogP contribution is -2.33. The molecule has 0 spiro atoms. The van der Waals surface area contributed by atoms with Crippen LogP contribution in [-0.2, 0) is 13.6 Å². The highest BCUT2D eigenvalue weighted by molar-refractivity contribution is 5.98. The Morgan fingerprint density at radius 2 is 2.10 bits per heavy atom. The molecule has 106 valence electrons. The van der Waals surface area contributed by atoms with Crippen molar-refractivity contribution in [3.05, 3.63) is 47.7 Å². The molecular weight excluding hydrogens is 256 g/mol. The van der Waals surface area contributed by atoms with E-state index in [9.17, 15) is 4.79 Å². The van der Waals surface area contributed by atoms with Crippen molar-refractivity contribution in [3.63, 3.8) is 0 Å². The molecule has 0 saturated carbocycles. The summed E-state index contributed by atoms with van der Waals surface area (Å²) in [6.07, 6.45) is 1.45. The van der Waals surface area contributed by atoms with E-state index >= 15 is 0 Å². The lowest BCUT2D eigenvalue weighted by Gasteiger charge is -2.21. The van der Waals surface area contributed by atoms with Gasteiger partial charge in [0.1, 0.15) is 11.4 Å². The fraction of sp³-hybridized carbons (Fsp3) is 0.286. The third-order valence-electron chi connectivity index (χ3n) is 3.09. The third kappa shape index (κ3) is 2.97. The Kier molecular flexibility index (Phi) is 4.37. The summed E-state index contributed by atoms with van der Waals surface area (Å²) in [7, 11) is 1.68. The topological polar surface area (TPSA) is 84.4 Å². The molecule has 0 fully saturated rings. The van der Waals surface area contributed by atoms with Crippen LogP contribution in [-0.4, -0.2) is 38.8 Å². The van der Waals surface area contributed by atoms with Gasteiger partial charge in [-0.3, -0.25) is 9.48 Å². The quantitative estimate of drug-likeness (QED) is 0.838. The molecule has 1 aromatic heterocycles. The minimum absolute atomic E-state index is 0.0985. The summed E-state index contributed by atoms with van der Waals surface area (Å²) in [6.45, 7) is 0.579. The number of nitrogens with zero attached hydrogens (tertiary/aromatic N) is 3. The maximum absolute atomic E-state index is 12.5. The number of nitrogens with two attached hydrogens (primary N) is 1. The van der Waals surface area contributed by atoms with Gasteiger partial charge in [-0.1, -0.05) is 30.3 Å². The van der Waals surface area contributed by atoms with Gasteiger partial charge < -0.3 is 15.7 Å². The summed E-state index contributed by atoms with van der Waals surface area (Å²) in [5.41, 5.74) is 7.18. The predicted octanol–water partition coefficient (Wildman–Crippen LogP) is 0.637. The molecule has 2 rings (SSSR count). The molecule has 0 radical (unpaired) electrons. The predicted molar refractivity (Wildman–Crippen MR) is 75.9 cm³/mol. The van der Waals surface area contributed by atoms with Crippen molar-refractivity contribution in [1.82, 2.24) is 14.7 Å². The van der Waals surface area contributed by atoms with Gasteiger partial charge in [-0.2, -0.15) is 5.10 Å². The maximum atomic E-state index is 12.5. The fourth-order valence-electron chi connectivity index (χ4n) is 1.96. The highest BCUT2D eigenvalue weighted by atomic mass is 16.3. The second-order valence-electron chi connectivity index (χ2n) is 4.50. The zero-order chi connectivity index (χ0) is 14.5. The SMILES string of the molecule is Cn1ncc(C(=O)N(CCO)Cc2ccccc2)c1N. The van der Waals surface area contributed by atoms with E-state index in [-0.39, 0.29) is 19.1 Å². The molecule has 3 N–H and O–H groups in total. The Balaban J connectivity index is 2.20. The molecule has 6 heteroatoms. The van der Waals surface area contributed by atoms with Crippen molar-refractivity contribution < 1.29 is 9.90 Å². The van der Waals surface area contributed by atoms with Crippen molar-refractivity contribution in [2.24, 2.45) is 7.05 Å². The number of carbonyl (C=O) groups excluding carboxylic acids is 1. The summed E-state index contributed by atoms with van der Waals surface area (Å²) in [4.78, 5) is 14.0. The van der Waals surface area contributed by atoms with Gasteiger partial charge in [0.25, 0.3) is 5.91 Å². The zero-order valence-corrected chi connectivity index (χ0v) is 11.4. The summed E-state index contributed by atoms with van der Waals surface area (Å²) in [5.74, 6) is 0.0968. The molecule has 0 aliphatic heterocycles. The number of aliphatic hydroxyl groups excluding tert-OH is 1. The minimum Gasteiger partial charge on any atom is -0.395 e. The maximum Gasteiger partial charge on any atom is 0.259 e. The highest BCUT2D eigenvalue weighted by Crippen LogP contribution is 2.14. The molecule has 0 aliphatic rings. The Morgan fingerprint density at radius 1 is 1.40 bits per heavy atom. The second kappa shape index (κ2) is 6.21. The molecule has 2 aromatic rings. The van der Waals surface area contributed by atoms with E-state index < -0.39 is 0 Å². The van der Waals surface area contributed by atoms with Crippen LogP contribution in [0.3, 0.4) is 0 Å². The first-order chi connectivity index (χ1) is 9.63. The van der Waals surface area contributed by atoms with Crippen molar-refractivity contribution in [1.29, 1.82) is 0 Å². The standard InChI is InChI=1S/C14H18N4O2/c1-17-13(15)12(9-16-17)14(20)18(7-8-19)10-11-5-3-2-4-6-11/h2-6,9,19H,7-8,10,15H2,1H3. The van der Waals surface area contributed by atoms with Crippen LogP contribution in [0.2, 0.25) is 0 Å². The normalized spacial score (nSPS) is 10.5. The average Bonchev–Trinajstić information content (AvgIpc) is 2.79. The van der Waals surface area contributed by atoms with Crippen molar-refractivity contribution in [2.75, 3.05) is 18.9 Å². The number of hydrogen-bond donors (Lipinski definition) is 2. The van der Waals surface area contributed by atoms with Crippen LogP contribution in [0.5, 0.6) is 0 Å². The van der Waals surface area contributed by atoms with Gasteiger partial charge in [-0.15, -0.1) is 0 Å². The largest absolute Gasteiger partial charge is 0.395 e. The minimum atomic E-state index is -0.228. The molecule has 6 nitrogen and oxygen atoms in total. The van der Waals surface area contributed by atoms with E-state index in [2.05, 4.69) is 5.10 Å². The van der Waals surface area contributed by atoms with E-state index in [1.165, 1.54) is 10.9 Å². The lowest BCUT2D eigenvalue weighted by atomic mass is 10.2. The van der Waals surface area contributed by atoms with Crippen molar-refractivity contribution >= 4 is 11.7 Å². The average molecular weight is 274 g/mol. The Bertz CT molecular complexity index is 580. The summed E-state index contributed by atoms with van der Waals surface area (Å²) < 4.78 is 1.45. The van der Waals surface area contributed by atoms with Gasteiger partial charge >= 0.3 is 0 Å². The van der Waals surface area contributed by atoms with Crippen LogP contribution in [0.4, 0.5) is 5.82 Å². The molecule has 0 atom stereocenters. The number of carbonyl (C=O) groups is 1. The molecule has 1 heterocycles. The van der Waals surface area contributed by atoms with E-state index in [1.807, 2.05) is 30.3 Å². The number of rotatable bonds is 5. The monoisotopic (exact) mass is 274 g/mol. The zero-order valence-electron chi connectivity index (χ0n) is 11.4. The number of aromatic nitrogens is 2. The van der Waals surface area contributed by atoms with Gasteiger partial charge in [-0.05, 0) is 5.56 Å². The first-order valence-electron chi connectivity index (χ1n) is 6.35. The van der Waals surface area contributed by atoms with Crippen molar-refractivity contribution in [2.45, 2.75) is 6.54 Å². The number of hydrogen-bond acceptors (Lipinski definition) is 4. The van der Waals surface area contributed by atoms with Crippen LogP contribution in [0.1, 0.15) is 15.9 Å². The summed E-state index contributed by atoms with van der Waals surface area (Å²) in [5, 5.41) is 13.1. The van der Waals surface area contributed by atoms with Gasteiger partial charge in [0.15, 0.2) is 0 Å². The van der Waals surface area contributed by atoms with Gasteiger partial charge in [-0.25, -0.2) is 0 Å². The van der Waals surface area contributed by atoms with E-state index in [0.29, 0.717) is 17.9 Å². The van der Waals surface area contributed by atoms with Crippen LogP contribution in [0.25, 0.3) is 0 Å². The molecule has 0 unspecified atom stereocenters. The number of aliphatic hydroxyl groups is 1. The summed E-state index contributed by atoms with van der Waals surface area (Å²) >= 11 is 0. The van der Waals surface area contributed by atoms with Gasteiger partial charge in [0.2, 0.25) is 0 Å².